The average molecular weight is 440 g/mol. The molecule has 0 atom stereocenters. The van der Waals surface area contributed by atoms with Gasteiger partial charge in [0.05, 0.1) is 23.1 Å². The molecule has 0 radical (unpaired) electrons. The molecule has 0 spiro atoms. The van der Waals surface area contributed by atoms with Crippen molar-refractivity contribution in [2.24, 2.45) is 0 Å². The van der Waals surface area contributed by atoms with Crippen LogP contribution in [0.1, 0.15) is 32.3 Å². The summed E-state index contributed by atoms with van der Waals surface area (Å²) in [7, 11) is 0. The van der Waals surface area contributed by atoms with Crippen LogP contribution in [-0.4, -0.2) is 44.6 Å². The molecular weight excluding hydrogens is 410 g/mol. The van der Waals surface area contributed by atoms with Crippen LogP contribution in [0.15, 0.2) is 58.7 Å². The van der Waals surface area contributed by atoms with Gasteiger partial charge in [0.25, 0.3) is 5.56 Å². The Balaban J connectivity index is 1.38. The van der Waals surface area contributed by atoms with Gasteiger partial charge >= 0.3 is 0 Å². The number of hydrogen-bond acceptors (Lipinski definition) is 6. The standard InChI is InChI=1S/C24H29N3O3S/c1-18(2)30-20-6-3-5-19(15-20)16-26-12-10-24(29,11-13-26)17-27-23(28)9-8-21(25-27)22-7-4-14-31-22/h3-9,14-15,18,29H,10-13,16-17H2,1-2H3. The zero-order chi connectivity index (χ0) is 21.8. The van der Waals surface area contributed by atoms with Crippen molar-refractivity contribution in [1.82, 2.24) is 14.7 Å². The van der Waals surface area contributed by atoms with E-state index in [1.54, 1.807) is 17.4 Å². The van der Waals surface area contributed by atoms with E-state index in [9.17, 15) is 9.90 Å². The zero-order valence-electron chi connectivity index (χ0n) is 18.0. The Bertz CT molecular complexity index is 1050. The minimum Gasteiger partial charge on any atom is -0.491 e. The summed E-state index contributed by atoms with van der Waals surface area (Å²) in [4.78, 5) is 15.7. The van der Waals surface area contributed by atoms with Gasteiger partial charge in [-0.05, 0) is 61.9 Å². The molecule has 1 aromatic carbocycles. The van der Waals surface area contributed by atoms with Gasteiger partial charge in [0.2, 0.25) is 0 Å². The number of nitrogens with zero attached hydrogens (tertiary/aromatic N) is 3. The van der Waals surface area contributed by atoms with Crippen LogP contribution in [0, 0.1) is 0 Å². The monoisotopic (exact) mass is 439 g/mol. The zero-order valence-corrected chi connectivity index (χ0v) is 18.8. The Kier molecular flexibility index (Phi) is 6.55. The lowest BCUT2D eigenvalue weighted by molar-refractivity contribution is -0.0389. The van der Waals surface area contributed by atoms with Crippen molar-refractivity contribution in [3.05, 3.63) is 69.8 Å². The van der Waals surface area contributed by atoms with E-state index in [-0.39, 0.29) is 18.2 Å². The smallest absolute Gasteiger partial charge is 0.266 e. The highest BCUT2D eigenvalue weighted by Gasteiger charge is 2.33. The van der Waals surface area contributed by atoms with Crippen LogP contribution >= 0.6 is 11.3 Å². The van der Waals surface area contributed by atoms with Crippen LogP contribution in [0.25, 0.3) is 10.6 Å². The van der Waals surface area contributed by atoms with E-state index in [2.05, 4.69) is 22.1 Å². The van der Waals surface area contributed by atoms with Crippen molar-refractivity contribution >= 4 is 11.3 Å². The van der Waals surface area contributed by atoms with Crippen molar-refractivity contribution in [3.63, 3.8) is 0 Å². The van der Waals surface area contributed by atoms with E-state index in [4.69, 9.17) is 4.74 Å². The molecule has 1 saturated heterocycles. The topological polar surface area (TPSA) is 67.6 Å². The third-order valence-electron chi connectivity index (χ3n) is 5.55. The van der Waals surface area contributed by atoms with E-state index >= 15 is 0 Å². The lowest BCUT2D eigenvalue weighted by Gasteiger charge is -2.38. The van der Waals surface area contributed by atoms with Crippen LogP contribution in [0.4, 0.5) is 0 Å². The number of rotatable bonds is 7. The van der Waals surface area contributed by atoms with E-state index in [0.717, 1.165) is 36.0 Å². The molecule has 2 aromatic heterocycles. The average Bonchev–Trinajstić information content (AvgIpc) is 3.26. The van der Waals surface area contributed by atoms with Gasteiger partial charge in [-0.2, -0.15) is 5.10 Å². The van der Waals surface area contributed by atoms with Gasteiger partial charge in [0.1, 0.15) is 11.4 Å². The van der Waals surface area contributed by atoms with Crippen LogP contribution in [0.2, 0.25) is 0 Å². The third kappa shape index (κ3) is 5.61. The lowest BCUT2D eigenvalue weighted by atomic mass is 9.91. The summed E-state index contributed by atoms with van der Waals surface area (Å²) in [6, 6.07) is 15.4. The first-order valence-corrected chi connectivity index (χ1v) is 11.6. The predicted molar refractivity (Wildman–Crippen MR) is 123 cm³/mol. The van der Waals surface area contributed by atoms with Crippen LogP contribution < -0.4 is 10.3 Å². The highest BCUT2D eigenvalue weighted by atomic mass is 32.1. The number of thiophene rings is 1. The second kappa shape index (κ2) is 9.34. The maximum Gasteiger partial charge on any atom is 0.266 e. The molecule has 0 amide bonds. The molecule has 3 aromatic rings. The highest BCUT2D eigenvalue weighted by Crippen LogP contribution is 2.26. The lowest BCUT2D eigenvalue weighted by Crippen LogP contribution is -2.48. The molecule has 1 N–H and O–H groups in total. The maximum absolute atomic E-state index is 12.3. The third-order valence-corrected chi connectivity index (χ3v) is 6.44. The first-order chi connectivity index (χ1) is 14.9. The number of aliphatic hydroxyl groups is 1. The first-order valence-electron chi connectivity index (χ1n) is 10.7. The molecule has 0 saturated carbocycles. The van der Waals surface area contributed by atoms with Gasteiger partial charge in [-0.1, -0.05) is 18.2 Å². The molecule has 1 aliphatic heterocycles. The molecule has 3 heterocycles. The summed E-state index contributed by atoms with van der Waals surface area (Å²) >= 11 is 1.58. The number of hydrogen-bond donors (Lipinski definition) is 1. The Hall–Kier alpha value is -2.48. The molecule has 0 aliphatic carbocycles. The normalized spacial score (nSPS) is 16.5. The summed E-state index contributed by atoms with van der Waals surface area (Å²) in [5.74, 6) is 0.886. The summed E-state index contributed by atoms with van der Waals surface area (Å²) in [5, 5.41) is 17.6. The van der Waals surface area contributed by atoms with Gasteiger partial charge in [-0.15, -0.1) is 11.3 Å². The Morgan fingerprint density at radius 3 is 2.68 bits per heavy atom. The molecule has 7 heteroatoms. The molecule has 0 unspecified atom stereocenters. The molecular formula is C24H29N3O3S. The first kappa shape index (κ1) is 21.7. The van der Waals surface area contributed by atoms with Crippen molar-refractivity contribution in [2.45, 2.75) is 51.5 Å². The second-order valence-corrected chi connectivity index (χ2v) is 9.45. The van der Waals surface area contributed by atoms with Crippen LogP contribution in [0.3, 0.4) is 0 Å². The fourth-order valence-corrected chi connectivity index (χ4v) is 4.62. The van der Waals surface area contributed by atoms with Gasteiger partial charge in [0, 0.05) is 25.7 Å². The summed E-state index contributed by atoms with van der Waals surface area (Å²) in [6.07, 6.45) is 1.36. The van der Waals surface area contributed by atoms with Crippen LogP contribution in [0.5, 0.6) is 5.75 Å². The molecule has 1 aliphatic rings. The molecule has 31 heavy (non-hydrogen) atoms. The summed E-state index contributed by atoms with van der Waals surface area (Å²) in [5.41, 5.74) is 0.853. The minimum atomic E-state index is -0.927. The van der Waals surface area contributed by atoms with Gasteiger partial charge in [-0.3, -0.25) is 9.69 Å². The number of piperidine rings is 1. The Morgan fingerprint density at radius 1 is 1.16 bits per heavy atom. The number of aromatic nitrogens is 2. The molecule has 6 nitrogen and oxygen atoms in total. The number of ether oxygens (including phenoxy) is 1. The fourth-order valence-electron chi connectivity index (χ4n) is 3.93. The van der Waals surface area contributed by atoms with Gasteiger partial charge in [-0.25, -0.2) is 4.68 Å². The Labute approximate surface area is 186 Å². The highest BCUT2D eigenvalue weighted by molar-refractivity contribution is 7.13. The number of benzene rings is 1. The second-order valence-electron chi connectivity index (χ2n) is 8.51. The van der Waals surface area contributed by atoms with E-state index in [1.165, 1.54) is 16.3 Å². The number of likely N-dealkylation sites (tertiary alicyclic amines) is 1. The molecule has 4 rings (SSSR count). The molecule has 1 fully saturated rings. The molecule has 0 bridgehead atoms. The predicted octanol–water partition coefficient (Wildman–Crippen LogP) is 3.79. The minimum absolute atomic E-state index is 0.149. The largest absolute Gasteiger partial charge is 0.491 e. The van der Waals surface area contributed by atoms with Gasteiger partial charge < -0.3 is 9.84 Å². The van der Waals surface area contributed by atoms with E-state index < -0.39 is 5.60 Å². The van der Waals surface area contributed by atoms with Crippen molar-refractivity contribution in [2.75, 3.05) is 13.1 Å². The summed E-state index contributed by atoms with van der Waals surface area (Å²) in [6.45, 7) is 6.62. The van der Waals surface area contributed by atoms with Gasteiger partial charge in [0.15, 0.2) is 0 Å². The maximum atomic E-state index is 12.3. The van der Waals surface area contributed by atoms with E-state index in [0.29, 0.717) is 12.8 Å². The Morgan fingerprint density at radius 2 is 1.97 bits per heavy atom. The van der Waals surface area contributed by atoms with Crippen molar-refractivity contribution in [1.29, 1.82) is 0 Å². The molecule has 164 valence electrons. The van der Waals surface area contributed by atoms with Crippen molar-refractivity contribution < 1.29 is 9.84 Å². The fraction of sp³-hybridized carbons (Fsp3) is 0.417. The van der Waals surface area contributed by atoms with E-state index in [1.807, 2.05) is 43.5 Å². The van der Waals surface area contributed by atoms with Crippen molar-refractivity contribution in [3.8, 4) is 16.3 Å². The summed E-state index contributed by atoms with van der Waals surface area (Å²) < 4.78 is 7.21. The van der Waals surface area contributed by atoms with Crippen LogP contribution in [-0.2, 0) is 13.1 Å². The SMILES string of the molecule is CC(C)Oc1cccc(CN2CCC(O)(Cn3nc(-c4cccs4)ccc3=O)CC2)c1. The quantitative estimate of drug-likeness (QED) is 0.607.